The molecule has 0 aromatic heterocycles. The van der Waals surface area contributed by atoms with Crippen molar-refractivity contribution in [2.45, 2.75) is 25.9 Å². The van der Waals surface area contributed by atoms with Gasteiger partial charge in [0.2, 0.25) is 0 Å². The number of rotatable bonds is 2. The van der Waals surface area contributed by atoms with E-state index in [1.54, 1.807) is 0 Å². The largest absolute Gasteiger partial charge is 0.393 e. The average molecular weight is 99.2 g/mol. The molecule has 1 aliphatic carbocycles. The van der Waals surface area contributed by atoms with Crippen LogP contribution in [0.15, 0.2) is 0 Å². The molecule has 0 heterocycles. The van der Waals surface area contributed by atoms with Crippen molar-refractivity contribution >= 4 is 0 Å². The summed E-state index contributed by atoms with van der Waals surface area (Å²) in [5, 5.41) is 8.97. The zero-order chi connectivity index (χ0) is 5.28. The molecule has 1 N–H and O–H groups in total. The van der Waals surface area contributed by atoms with Crippen LogP contribution in [-0.2, 0) is 0 Å². The Hall–Kier alpha value is -0.0400. The van der Waals surface area contributed by atoms with Gasteiger partial charge in [-0.25, -0.2) is 0 Å². The Kier molecular flexibility index (Phi) is 1.33. The van der Waals surface area contributed by atoms with Gasteiger partial charge in [-0.3, -0.25) is 0 Å². The highest BCUT2D eigenvalue weighted by atomic mass is 16.3. The third-order valence-electron chi connectivity index (χ3n) is 1.42. The lowest BCUT2D eigenvalue weighted by atomic mass is 10.2. The molecule has 0 bridgehead atoms. The van der Waals surface area contributed by atoms with E-state index in [2.05, 4.69) is 6.42 Å². The lowest BCUT2D eigenvalue weighted by Gasteiger charge is -2.00. The van der Waals surface area contributed by atoms with Crippen molar-refractivity contribution in [3.8, 4) is 0 Å². The fourth-order valence-electron chi connectivity index (χ4n) is 0.695. The van der Waals surface area contributed by atoms with E-state index in [1.165, 1.54) is 0 Å². The van der Waals surface area contributed by atoms with Gasteiger partial charge in [0.25, 0.3) is 0 Å². The first-order chi connectivity index (χ1) is 3.34. The summed E-state index contributed by atoms with van der Waals surface area (Å²) in [6.45, 7) is 2.01. The maximum atomic E-state index is 8.97. The van der Waals surface area contributed by atoms with Crippen molar-refractivity contribution < 1.29 is 5.11 Å². The molecule has 1 heteroatoms. The molecule has 0 aliphatic heterocycles. The minimum absolute atomic E-state index is 0.0417. The fraction of sp³-hybridized carbons (Fsp3) is 0.833. The van der Waals surface area contributed by atoms with E-state index < -0.39 is 0 Å². The summed E-state index contributed by atoms with van der Waals surface area (Å²) in [5.74, 6) is 0.546. The van der Waals surface area contributed by atoms with Gasteiger partial charge in [0, 0.05) is 0 Å². The molecule has 1 radical (unpaired) electrons. The molecule has 1 nitrogen and oxygen atoms in total. The Labute approximate surface area is 44.4 Å². The average Bonchev–Trinajstić information content (AvgIpc) is 2.44. The van der Waals surface area contributed by atoms with E-state index in [9.17, 15) is 0 Å². The smallest absolute Gasteiger partial charge is 0.0568 e. The summed E-state index contributed by atoms with van der Waals surface area (Å²) in [5.41, 5.74) is 0. The second-order valence-corrected chi connectivity index (χ2v) is 2.11. The predicted octanol–water partition coefficient (Wildman–Crippen LogP) is 0.981. The van der Waals surface area contributed by atoms with Crippen LogP contribution in [0.4, 0.5) is 0 Å². The quantitative estimate of drug-likeness (QED) is 0.547. The van der Waals surface area contributed by atoms with E-state index in [0.29, 0.717) is 5.92 Å². The first-order valence-corrected chi connectivity index (χ1v) is 2.86. The van der Waals surface area contributed by atoms with Crippen LogP contribution >= 0.6 is 0 Å². The molecule has 7 heavy (non-hydrogen) atoms. The molecule has 0 aromatic carbocycles. The minimum atomic E-state index is -0.0417. The second-order valence-electron chi connectivity index (χ2n) is 2.11. The van der Waals surface area contributed by atoms with E-state index in [-0.39, 0.29) is 6.10 Å². The van der Waals surface area contributed by atoms with Crippen molar-refractivity contribution in [2.75, 3.05) is 0 Å². The summed E-state index contributed by atoms with van der Waals surface area (Å²) in [6.07, 6.45) is 4.14. The Balaban J connectivity index is 2.10. The van der Waals surface area contributed by atoms with Crippen LogP contribution in [0.25, 0.3) is 0 Å². The third-order valence-corrected chi connectivity index (χ3v) is 1.42. The van der Waals surface area contributed by atoms with E-state index in [4.69, 9.17) is 5.11 Å². The number of hydrogen-bond acceptors (Lipinski definition) is 1. The first kappa shape index (κ1) is 5.10. The highest BCUT2D eigenvalue weighted by Crippen LogP contribution is 2.32. The van der Waals surface area contributed by atoms with Crippen LogP contribution < -0.4 is 0 Å². The van der Waals surface area contributed by atoms with E-state index in [0.717, 1.165) is 12.8 Å². The summed E-state index contributed by atoms with van der Waals surface area (Å²) >= 11 is 0. The molecule has 0 saturated heterocycles. The summed E-state index contributed by atoms with van der Waals surface area (Å²) in [4.78, 5) is 0. The van der Waals surface area contributed by atoms with Gasteiger partial charge in [0.1, 0.15) is 0 Å². The van der Waals surface area contributed by atoms with Crippen LogP contribution in [-0.4, -0.2) is 11.2 Å². The molecule has 0 aromatic rings. The Morgan fingerprint density at radius 2 is 2.57 bits per heavy atom. The van der Waals surface area contributed by atoms with Crippen molar-refractivity contribution in [1.82, 2.24) is 0 Å². The van der Waals surface area contributed by atoms with E-state index in [1.807, 2.05) is 6.92 Å². The Morgan fingerprint density at radius 1 is 2.00 bits per heavy atom. The summed E-state index contributed by atoms with van der Waals surface area (Å²) in [6, 6.07) is 0. The monoisotopic (exact) mass is 99.1 g/mol. The standard InChI is InChI=1S/C6H11O/c1-2-6(7)5-3-4-5/h3,5-7H,2,4H2,1H3. The van der Waals surface area contributed by atoms with Gasteiger partial charge in [0.15, 0.2) is 0 Å². The van der Waals surface area contributed by atoms with Gasteiger partial charge >= 0.3 is 0 Å². The number of aliphatic hydroxyl groups is 1. The van der Waals surface area contributed by atoms with Crippen molar-refractivity contribution in [1.29, 1.82) is 0 Å². The maximum absolute atomic E-state index is 8.97. The van der Waals surface area contributed by atoms with Gasteiger partial charge in [-0.15, -0.1) is 0 Å². The SMILES string of the molecule is CCC(O)C1[CH]C1. The Morgan fingerprint density at radius 3 is 2.71 bits per heavy atom. The number of aliphatic hydroxyl groups excluding tert-OH is 1. The van der Waals surface area contributed by atoms with Crippen LogP contribution in [0, 0.1) is 12.3 Å². The highest BCUT2D eigenvalue weighted by Gasteiger charge is 2.28. The van der Waals surface area contributed by atoms with Crippen LogP contribution in [0.2, 0.25) is 0 Å². The van der Waals surface area contributed by atoms with Gasteiger partial charge in [0.05, 0.1) is 6.10 Å². The normalized spacial score (nSPS) is 24.9. The van der Waals surface area contributed by atoms with Gasteiger partial charge in [-0.1, -0.05) is 6.92 Å². The number of hydrogen-bond donors (Lipinski definition) is 1. The molecule has 0 amide bonds. The molecule has 0 spiro atoms. The Bertz CT molecular complexity index is 57.2. The molecular weight excluding hydrogens is 88.1 g/mol. The summed E-state index contributed by atoms with van der Waals surface area (Å²) in [7, 11) is 0. The zero-order valence-corrected chi connectivity index (χ0v) is 4.59. The topological polar surface area (TPSA) is 20.2 Å². The molecule has 1 saturated carbocycles. The third kappa shape index (κ3) is 1.16. The molecule has 1 fully saturated rings. The van der Waals surface area contributed by atoms with E-state index >= 15 is 0 Å². The lowest BCUT2D eigenvalue weighted by molar-refractivity contribution is 0.151. The van der Waals surface area contributed by atoms with Crippen LogP contribution in [0.1, 0.15) is 19.8 Å². The van der Waals surface area contributed by atoms with Gasteiger partial charge < -0.3 is 5.11 Å². The zero-order valence-electron chi connectivity index (χ0n) is 4.59. The van der Waals surface area contributed by atoms with Crippen molar-refractivity contribution in [3.63, 3.8) is 0 Å². The fourth-order valence-corrected chi connectivity index (χ4v) is 0.695. The molecule has 2 atom stereocenters. The van der Waals surface area contributed by atoms with Gasteiger partial charge in [-0.05, 0) is 25.2 Å². The second kappa shape index (κ2) is 1.83. The van der Waals surface area contributed by atoms with Crippen LogP contribution in [0.3, 0.4) is 0 Å². The predicted molar refractivity (Wildman–Crippen MR) is 28.7 cm³/mol. The molecule has 1 aliphatic rings. The van der Waals surface area contributed by atoms with Crippen LogP contribution in [0.5, 0.6) is 0 Å². The highest BCUT2D eigenvalue weighted by molar-refractivity contribution is 4.98. The molecule has 2 unspecified atom stereocenters. The maximum Gasteiger partial charge on any atom is 0.0568 e. The van der Waals surface area contributed by atoms with Crippen molar-refractivity contribution in [2.24, 2.45) is 5.92 Å². The lowest BCUT2D eigenvalue weighted by Crippen LogP contribution is -2.05. The van der Waals surface area contributed by atoms with Gasteiger partial charge in [-0.2, -0.15) is 0 Å². The molecular formula is C6H11O. The summed E-state index contributed by atoms with van der Waals surface area (Å²) < 4.78 is 0. The molecule has 1 rings (SSSR count). The molecule has 41 valence electrons. The first-order valence-electron chi connectivity index (χ1n) is 2.86. The minimum Gasteiger partial charge on any atom is -0.393 e. The van der Waals surface area contributed by atoms with Crippen molar-refractivity contribution in [3.05, 3.63) is 6.42 Å².